The minimum atomic E-state index is -3.84. The zero-order chi connectivity index (χ0) is 15.5. The lowest BCUT2D eigenvalue weighted by molar-refractivity contribution is -0.137. The van der Waals surface area contributed by atoms with Crippen molar-refractivity contribution in [1.82, 2.24) is 24.7 Å². The molecule has 0 amide bonds. The van der Waals surface area contributed by atoms with E-state index in [1.165, 1.54) is 24.5 Å². The molecule has 11 heteroatoms. The molecule has 0 atom stereocenters. The molecule has 0 spiro atoms. The Morgan fingerprint density at radius 2 is 2.24 bits per heavy atom. The van der Waals surface area contributed by atoms with Gasteiger partial charge in [0.25, 0.3) is 0 Å². The van der Waals surface area contributed by atoms with Crippen molar-refractivity contribution in [3.8, 4) is 0 Å². The molecule has 0 aromatic carbocycles. The van der Waals surface area contributed by atoms with Gasteiger partial charge in [-0.05, 0) is 12.1 Å². The molecule has 2 rings (SSSR count). The minimum absolute atomic E-state index is 0.139. The quantitative estimate of drug-likeness (QED) is 0.707. The Kier molecular flexibility index (Phi) is 4.50. The highest BCUT2D eigenvalue weighted by Crippen LogP contribution is 2.17. The van der Waals surface area contributed by atoms with Crippen molar-refractivity contribution in [3.63, 3.8) is 0 Å². The van der Waals surface area contributed by atoms with E-state index in [9.17, 15) is 13.2 Å². The minimum Gasteiger partial charge on any atom is -0.480 e. The Morgan fingerprint density at radius 3 is 2.90 bits per heavy atom. The van der Waals surface area contributed by atoms with Crippen LogP contribution in [0.4, 0.5) is 0 Å². The van der Waals surface area contributed by atoms with Crippen LogP contribution >= 0.6 is 11.6 Å². The van der Waals surface area contributed by atoms with Gasteiger partial charge in [-0.2, -0.15) is 0 Å². The van der Waals surface area contributed by atoms with Crippen LogP contribution in [0.5, 0.6) is 0 Å². The van der Waals surface area contributed by atoms with Crippen LogP contribution in [0.3, 0.4) is 0 Å². The van der Waals surface area contributed by atoms with E-state index in [4.69, 9.17) is 16.7 Å². The van der Waals surface area contributed by atoms with Gasteiger partial charge in [-0.3, -0.25) is 4.79 Å². The van der Waals surface area contributed by atoms with E-state index >= 15 is 0 Å². The molecule has 0 aliphatic rings. The summed E-state index contributed by atoms with van der Waals surface area (Å²) in [6, 6.07) is 2.77. The smallest absolute Gasteiger partial charge is 0.325 e. The number of carbonyl (C=O) groups is 1. The molecule has 9 nitrogen and oxygen atoms in total. The van der Waals surface area contributed by atoms with Gasteiger partial charge < -0.3 is 5.11 Å². The number of carboxylic acid groups (broad SMARTS) is 1. The van der Waals surface area contributed by atoms with Gasteiger partial charge in [0.15, 0.2) is 0 Å². The fourth-order valence-electron chi connectivity index (χ4n) is 1.45. The average molecular weight is 332 g/mol. The van der Waals surface area contributed by atoms with Gasteiger partial charge >= 0.3 is 5.97 Å². The number of carboxylic acids is 1. The van der Waals surface area contributed by atoms with Crippen LogP contribution in [0.1, 0.15) is 5.69 Å². The van der Waals surface area contributed by atoms with E-state index in [1.807, 2.05) is 0 Å². The summed E-state index contributed by atoms with van der Waals surface area (Å²) in [6.07, 6.45) is 2.71. The molecule has 21 heavy (non-hydrogen) atoms. The van der Waals surface area contributed by atoms with E-state index in [0.29, 0.717) is 0 Å². The van der Waals surface area contributed by atoms with Gasteiger partial charge in [0.2, 0.25) is 10.0 Å². The Balaban J connectivity index is 2.07. The summed E-state index contributed by atoms with van der Waals surface area (Å²) in [4.78, 5) is 14.0. The maximum absolute atomic E-state index is 12.0. The first-order chi connectivity index (χ1) is 9.88. The molecular weight excluding hydrogens is 322 g/mol. The lowest BCUT2D eigenvalue weighted by Gasteiger charge is -2.05. The fraction of sp³-hybridized carbons (Fsp3) is 0.200. The number of halogens is 1. The highest BCUT2D eigenvalue weighted by molar-refractivity contribution is 7.89. The summed E-state index contributed by atoms with van der Waals surface area (Å²) in [5.74, 6) is -1.07. The molecule has 0 aliphatic carbocycles. The molecule has 2 heterocycles. The van der Waals surface area contributed by atoms with Gasteiger partial charge in [0.1, 0.15) is 16.6 Å². The third kappa shape index (κ3) is 3.97. The Morgan fingerprint density at radius 1 is 1.48 bits per heavy atom. The maximum atomic E-state index is 12.0. The van der Waals surface area contributed by atoms with E-state index in [0.717, 1.165) is 4.68 Å². The third-order valence-corrected chi connectivity index (χ3v) is 4.19. The first-order valence-electron chi connectivity index (χ1n) is 5.59. The standard InChI is InChI=1S/C10H10ClN5O4S/c11-10-8(2-1-3-12-10)21(19,20)13-4-7-5-16(15-14-7)6-9(17)18/h1-3,5,13H,4,6H2,(H,17,18). The van der Waals surface area contributed by atoms with Crippen molar-refractivity contribution >= 4 is 27.6 Å². The maximum Gasteiger partial charge on any atom is 0.325 e. The molecule has 0 radical (unpaired) electrons. The molecular formula is C10H10ClN5O4S. The monoisotopic (exact) mass is 331 g/mol. The van der Waals surface area contributed by atoms with Crippen molar-refractivity contribution in [3.05, 3.63) is 35.4 Å². The second-order valence-electron chi connectivity index (χ2n) is 3.92. The van der Waals surface area contributed by atoms with E-state index in [-0.39, 0.29) is 28.8 Å². The van der Waals surface area contributed by atoms with E-state index < -0.39 is 16.0 Å². The Hall–Kier alpha value is -2.04. The Labute approximate surface area is 124 Å². The summed E-state index contributed by atoms with van der Waals surface area (Å²) >= 11 is 5.72. The molecule has 112 valence electrons. The van der Waals surface area contributed by atoms with Gasteiger partial charge in [0.05, 0.1) is 18.4 Å². The van der Waals surface area contributed by atoms with Gasteiger partial charge in [-0.15, -0.1) is 5.10 Å². The highest BCUT2D eigenvalue weighted by Gasteiger charge is 2.18. The summed E-state index contributed by atoms with van der Waals surface area (Å²) in [7, 11) is -3.84. The zero-order valence-electron chi connectivity index (χ0n) is 10.5. The molecule has 0 aliphatic heterocycles. The first kappa shape index (κ1) is 15.4. The molecule has 0 saturated carbocycles. The number of pyridine rings is 1. The summed E-state index contributed by atoms with van der Waals surface area (Å²) in [6.45, 7) is -0.499. The largest absolute Gasteiger partial charge is 0.480 e. The van der Waals surface area contributed by atoms with Crippen molar-refractivity contribution in [2.24, 2.45) is 0 Å². The first-order valence-corrected chi connectivity index (χ1v) is 7.45. The predicted molar refractivity (Wildman–Crippen MR) is 70.9 cm³/mol. The number of aromatic nitrogens is 4. The van der Waals surface area contributed by atoms with Crippen LogP contribution in [-0.2, 0) is 27.9 Å². The number of aliphatic carboxylic acids is 1. The summed E-state index contributed by atoms with van der Waals surface area (Å²) in [5, 5.41) is 15.7. The van der Waals surface area contributed by atoms with Gasteiger partial charge in [-0.1, -0.05) is 16.8 Å². The SMILES string of the molecule is O=C(O)Cn1cc(CNS(=O)(=O)c2cccnc2Cl)nn1. The molecule has 0 fully saturated rings. The van der Waals surface area contributed by atoms with E-state index in [2.05, 4.69) is 20.0 Å². The molecule has 2 aromatic rings. The van der Waals surface area contributed by atoms with E-state index in [1.54, 1.807) is 0 Å². The number of rotatable bonds is 6. The van der Waals surface area contributed by atoms with Crippen LogP contribution < -0.4 is 4.72 Å². The predicted octanol–water partition coefficient (Wildman–Crippen LogP) is -0.110. The second-order valence-corrected chi connectivity index (χ2v) is 6.01. The second kappa shape index (κ2) is 6.16. The molecule has 0 saturated heterocycles. The molecule has 0 bridgehead atoms. The average Bonchev–Trinajstić information content (AvgIpc) is 2.84. The third-order valence-electron chi connectivity index (χ3n) is 2.34. The Bertz CT molecular complexity index is 760. The van der Waals surface area contributed by atoms with Crippen LogP contribution in [0.15, 0.2) is 29.4 Å². The van der Waals surface area contributed by atoms with Crippen LogP contribution in [0, 0.1) is 0 Å². The number of hydrogen-bond donors (Lipinski definition) is 2. The van der Waals surface area contributed by atoms with Crippen molar-refractivity contribution in [2.45, 2.75) is 18.0 Å². The lowest BCUT2D eigenvalue weighted by atomic mass is 10.5. The van der Waals surface area contributed by atoms with Crippen LogP contribution in [0.2, 0.25) is 5.15 Å². The van der Waals surface area contributed by atoms with Gasteiger partial charge in [0, 0.05) is 6.20 Å². The highest BCUT2D eigenvalue weighted by atomic mass is 35.5. The normalized spacial score (nSPS) is 11.5. The zero-order valence-corrected chi connectivity index (χ0v) is 12.0. The number of nitrogens with one attached hydrogen (secondary N) is 1. The fourth-order valence-corrected chi connectivity index (χ4v) is 2.90. The van der Waals surface area contributed by atoms with Crippen molar-refractivity contribution < 1.29 is 18.3 Å². The molecule has 0 unspecified atom stereocenters. The molecule has 2 aromatic heterocycles. The number of sulfonamides is 1. The summed E-state index contributed by atoms with van der Waals surface area (Å²) < 4.78 is 27.4. The number of nitrogens with zero attached hydrogens (tertiary/aromatic N) is 4. The van der Waals surface area contributed by atoms with Crippen molar-refractivity contribution in [1.29, 1.82) is 0 Å². The molecule has 2 N–H and O–H groups in total. The van der Waals surface area contributed by atoms with Crippen LogP contribution in [-0.4, -0.2) is 39.5 Å². The summed E-state index contributed by atoms with van der Waals surface area (Å²) in [5.41, 5.74) is 0.278. The van der Waals surface area contributed by atoms with Gasteiger partial charge in [-0.25, -0.2) is 22.8 Å². The number of hydrogen-bond acceptors (Lipinski definition) is 6. The van der Waals surface area contributed by atoms with Crippen molar-refractivity contribution in [2.75, 3.05) is 0 Å². The van der Waals surface area contributed by atoms with Crippen LogP contribution in [0.25, 0.3) is 0 Å². The topological polar surface area (TPSA) is 127 Å². The lowest BCUT2D eigenvalue weighted by Crippen LogP contribution is -2.24.